The average Bonchev–Trinajstić information content (AvgIpc) is 3.13. The molecule has 0 spiro atoms. The smallest absolute Gasteiger partial charge is 0.456 e. The molecule has 2 aromatic rings. The summed E-state index contributed by atoms with van der Waals surface area (Å²) < 4.78 is 156. The Labute approximate surface area is 171 Å². The van der Waals surface area contributed by atoms with E-state index < -0.39 is 68.7 Å². The third kappa shape index (κ3) is 4.88. The van der Waals surface area contributed by atoms with Gasteiger partial charge in [-0.2, -0.15) is 53.6 Å². The monoisotopic (exact) mass is 504 g/mol. The van der Waals surface area contributed by atoms with E-state index in [-0.39, 0.29) is 12.3 Å². The molecular weight excluding hydrogens is 494 g/mol. The number of alkyl halides is 10. The molecule has 0 aliphatic heterocycles. The summed E-state index contributed by atoms with van der Waals surface area (Å²) in [7, 11) is -4.36. The highest BCUT2D eigenvalue weighted by molar-refractivity contribution is 7.91. The first-order chi connectivity index (χ1) is 14.3. The molecule has 180 valence electrons. The predicted octanol–water partition coefficient (Wildman–Crippen LogP) is 3.69. The van der Waals surface area contributed by atoms with Crippen molar-refractivity contribution >= 4 is 9.84 Å². The van der Waals surface area contributed by atoms with Crippen LogP contribution in [0.5, 0.6) is 6.01 Å². The molecule has 2 aromatic heterocycles. The molecule has 0 fully saturated rings. The van der Waals surface area contributed by atoms with Crippen LogP contribution in [0.2, 0.25) is 0 Å². The molecule has 0 saturated carbocycles. The molecule has 2 rings (SSSR count). The average molecular weight is 504 g/mol. The van der Waals surface area contributed by atoms with E-state index in [0.29, 0.717) is 11.0 Å². The maximum absolute atomic E-state index is 13.3. The van der Waals surface area contributed by atoms with Gasteiger partial charge in [0.1, 0.15) is 11.2 Å². The number of hydrogen-bond donors (Lipinski definition) is 0. The summed E-state index contributed by atoms with van der Waals surface area (Å²) in [5.74, 6) is -13.7. The minimum atomic E-state index is -6.60. The highest BCUT2D eigenvalue weighted by Gasteiger charge is 2.73. The van der Waals surface area contributed by atoms with Crippen LogP contribution in [0.1, 0.15) is 12.5 Å². The second kappa shape index (κ2) is 8.04. The van der Waals surface area contributed by atoms with Crippen LogP contribution in [0.3, 0.4) is 0 Å². The molecular formula is C14H10F10N4O3S. The van der Waals surface area contributed by atoms with E-state index in [4.69, 9.17) is 0 Å². The summed E-state index contributed by atoms with van der Waals surface area (Å²) in [6, 6.07) is -0.981. The summed E-state index contributed by atoms with van der Waals surface area (Å²) >= 11 is 0. The van der Waals surface area contributed by atoms with Crippen molar-refractivity contribution in [1.82, 2.24) is 19.7 Å². The fourth-order valence-electron chi connectivity index (χ4n) is 2.02. The molecule has 0 aliphatic carbocycles. The standard InChI is InChI=1S/C14H10F10N4O3S/c1-2-32(29,30)8-3-7(12(17,18)19)4-25-9(8)28-6-26-10(27-28)31-5-11(15,16)13(20,21)14(22,23)24/h3-4,6H,2,5H2,1H3. The summed E-state index contributed by atoms with van der Waals surface area (Å²) in [4.78, 5) is 5.50. The first kappa shape index (κ1) is 25.6. The molecule has 0 bridgehead atoms. The summed E-state index contributed by atoms with van der Waals surface area (Å²) in [6.07, 6.45) is -10.8. The van der Waals surface area contributed by atoms with Gasteiger partial charge >= 0.3 is 30.2 Å². The molecule has 0 N–H and O–H groups in total. The second-order valence-electron chi connectivity index (χ2n) is 5.98. The molecule has 2 heterocycles. The number of sulfone groups is 1. The maximum Gasteiger partial charge on any atom is 0.460 e. The largest absolute Gasteiger partial charge is 0.460 e. The summed E-state index contributed by atoms with van der Waals surface area (Å²) in [5.41, 5.74) is -1.45. The topological polar surface area (TPSA) is 87.0 Å². The van der Waals surface area contributed by atoms with Crippen molar-refractivity contribution in [2.24, 2.45) is 0 Å². The molecule has 32 heavy (non-hydrogen) atoms. The van der Waals surface area contributed by atoms with E-state index in [1.807, 2.05) is 0 Å². The molecule has 7 nitrogen and oxygen atoms in total. The van der Waals surface area contributed by atoms with Crippen LogP contribution in [0, 0.1) is 0 Å². The molecule has 0 aromatic carbocycles. The molecule has 0 atom stereocenters. The van der Waals surface area contributed by atoms with Gasteiger partial charge in [-0.1, -0.05) is 6.92 Å². The van der Waals surface area contributed by atoms with Crippen LogP contribution in [0.25, 0.3) is 5.82 Å². The Balaban J connectivity index is 2.39. The van der Waals surface area contributed by atoms with Crippen molar-refractivity contribution < 1.29 is 57.1 Å². The van der Waals surface area contributed by atoms with Crippen LogP contribution in [-0.2, 0) is 16.0 Å². The predicted molar refractivity (Wildman–Crippen MR) is 83.3 cm³/mol. The molecule has 18 heteroatoms. The van der Waals surface area contributed by atoms with E-state index in [1.54, 1.807) is 0 Å². The third-order valence-electron chi connectivity index (χ3n) is 3.76. The number of pyridine rings is 1. The molecule has 0 unspecified atom stereocenters. The van der Waals surface area contributed by atoms with Gasteiger partial charge in [0, 0.05) is 6.20 Å². The highest BCUT2D eigenvalue weighted by atomic mass is 32.2. The first-order valence-electron chi connectivity index (χ1n) is 8.00. The van der Waals surface area contributed by atoms with Crippen LogP contribution in [-0.4, -0.2) is 58.5 Å². The molecule has 0 saturated heterocycles. The Bertz CT molecular complexity index is 1080. The van der Waals surface area contributed by atoms with Gasteiger partial charge in [0.05, 0.1) is 11.3 Å². The maximum atomic E-state index is 13.3. The fourth-order valence-corrected chi connectivity index (χ4v) is 3.06. The van der Waals surface area contributed by atoms with Gasteiger partial charge in [-0.3, -0.25) is 0 Å². The van der Waals surface area contributed by atoms with Gasteiger partial charge in [0.2, 0.25) is 0 Å². The summed E-state index contributed by atoms with van der Waals surface area (Å²) in [5, 5.41) is 3.24. The van der Waals surface area contributed by atoms with Crippen molar-refractivity contribution in [3.05, 3.63) is 24.2 Å². The zero-order chi connectivity index (χ0) is 24.8. The Morgan fingerprint density at radius 3 is 2.09 bits per heavy atom. The Morgan fingerprint density at radius 2 is 1.59 bits per heavy atom. The van der Waals surface area contributed by atoms with Gasteiger partial charge < -0.3 is 4.74 Å². The minimum absolute atomic E-state index is 0.224. The van der Waals surface area contributed by atoms with E-state index >= 15 is 0 Å². The lowest BCUT2D eigenvalue weighted by Gasteiger charge is -2.27. The van der Waals surface area contributed by atoms with E-state index in [2.05, 4.69) is 19.8 Å². The highest BCUT2D eigenvalue weighted by Crippen LogP contribution is 2.46. The molecule has 0 radical (unpaired) electrons. The first-order valence-corrected chi connectivity index (χ1v) is 9.66. The normalized spacial score (nSPS) is 14.0. The van der Waals surface area contributed by atoms with Crippen molar-refractivity contribution in [2.75, 3.05) is 12.4 Å². The van der Waals surface area contributed by atoms with Crippen molar-refractivity contribution in [2.45, 2.75) is 36.0 Å². The molecule has 0 amide bonds. The quantitative estimate of drug-likeness (QED) is 0.535. The number of rotatable bonds is 7. The van der Waals surface area contributed by atoms with Crippen LogP contribution in [0.4, 0.5) is 43.9 Å². The van der Waals surface area contributed by atoms with Crippen LogP contribution >= 0.6 is 0 Å². The SMILES string of the molecule is CCS(=O)(=O)c1cc(C(F)(F)F)cnc1-n1cnc(OCC(F)(F)C(F)(F)C(F)(F)F)n1. The van der Waals surface area contributed by atoms with Crippen LogP contribution < -0.4 is 4.74 Å². The zero-order valence-corrected chi connectivity index (χ0v) is 16.2. The van der Waals surface area contributed by atoms with Crippen molar-refractivity contribution in [3.63, 3.8) is 0 Å². The Morgan fingerprint density at radius 1 is 1.00 bits per heavy atom. The summed E-state index contributed by atoms with van der Waals surface area (Å²) in [6.45, 7) is -1.43. The van der Waals surface area contributed by atoms with Gasteiger partial charge in [0.15, 0.2) is 22.3 Å². The lowest BCUT2D eigenvalue weighted by Crippen LogP contribution is -2.54. The second-order valence-corrected chi connectivity index (χ2v) is 8.23. The van der Waals surface area contributed by atoms with Crippen molar-refractivity contribution in [1.29, 1.82) is 0 Å². The number of aromatic nitrogens is 4. The van der Waals surface area contributed by atoms with Gasteiger partial charge in [0.25, 0.3) is 0 Å². The number of nitrogens with zero attached hydrogens (tertiary/aromatic N) is 4. The minimum Gasteiger partial charge on any atom is -0.456 e. The van der Waals surface area contributed by atoms with Gasteiger partial charge in [-0.15, -0.1) is 5.10 Å². The van der Waals surface area contributed by atoms with Crippen LogP contribution in [0.15, 0.2) is 23.5 Å². The van der Waals surface area contributed by atoms with E-state index in [0.717, 1.165) is 6.92 Å². The lowest BCUT2D eigenvalue weighted by molar-refractivity contribution is -0.358. The lowest BCUT2D eigenvalue weighted by atomic mass is 10.2. The third-order valence-corrected chi connectivity index (χ3v) is 5.49. The van der Waals surface area contributed by atoms with Gasteiger partial charge in [-0.05, 0) is 6.07 Å². The van der Waals surface area contributed by atoms with E-state index in [9.17, 15) is 52.3 Å². The number of ether oxygens (including phenoxy) is 1. The van der Waals surface area contributed by atoms with E-state index in [1.165, 1.54) is 0 Å². The number of hydrogen-bond acceptors (Lipinski definition) is 6. The zero-order valence-electron chi connectivity index (χ0n) is 15.3. The van der Waals surface area contributed by atoms with Gasteiger partial charge in [-0.25, -0.2) is 13.4 Å². The fraction of sp³-hybridized carbons (Fsp3) is 0.500. The Hall–Kier alpha value is -2.66. The molecule has 0 aliphatic rings. The number of halogens is 10. The Kier molecular flexibility index (Phi) is 6.43. The van der Waals surface area contributed by atoms with Crippen molar-refractivity contribution in [3.8, 4) is 11.8 Å².